The first-order valence-electron chi connectivity index (χ1n) is 5.10. The standard InChI is InChI=1S/C11H12BrClN4/c1-14-10(9-7(12)4-3-5-15-9)11-8(13)6-16-17(11)2/h3-6,10,14H,1-2H3. The molecule has 1 unspecified atom stereocenters. The van der Waals surface area contributed by atoms with Crippen LogP contribution in [0.2, 0.25) is 5.02 Å². The topological polar surface area (TPSA) is 42.7 Å². The maximum absolute atomic E-state index is 6.15. The van der Waals surface area contributed by atoms with E-state index >= 15 is 0 Å². The van der Waals surface area contributed by atoms with Crippen LogP contribution < -0.4 is 5.32 Å². The lowest BCUT2D eigenvalue weighted by molar-refractivity contribution is 0.592. The number of pyridine rings is 1. The first-order valence-corrected chi connectivity index (χ1v) is 6.27. The summed E-state index contributed by atoms with van der Waals surface area (Å²) >= 11 is 9.65. The van der Waals surface area contributed by atoms with E-state index in [9.17, 15) is 0 Å². The second-order valence-electron chi connectivity index (χ2n) is 3.59. The van der Waals surface area contributed by atoms with Gasteiger partial charge in [-0.05, 0) is 35.1 Å². The predicted octanol–water partition coefficient (Wildman–Crippen LogP) is 2.54. The molecular formula is C11H12BrClN4. The van der Waals surface area contributed by atoms with E-state index in [1.54, 1.807) is 17.1 Å². The van der Waals surface area contributed by atoms with Gasteiger partial charge in [-0.1, -0.05) is 11.6 Å². The molecule has 4 nitrogen and oxygen atoms in total. The molecule has 1 atom stereocenters. The summed E-state index contributed by atoms with van der Waals surface area (Å²) in [6.45, 7) is 0. The highest BCUT2D eigenvalue weighted by Crippen LogP contribution is 2.30. The molecule has 1 N–H and O–H groups in total. The van der Waals surface area contributed by atoms with Crippen molar-refractivity contribution in [3.63, 3.8) is 0 Å². The van der Waals surface area contributed by atoms with Gasteiger partial charge < -0.3 is 5.32 Å². The van der Waals surface area contributed by atoms with Crippen LogP contribution in [0.25, 0.3) is 0 Å². The van der Waals surface area contributed by atoms with Crippen molar-refractivity contribution in [1.82, 2.24) is 20.1 Å². The molecule has 90 valence electrons. The van der Waals surface area contributed by atoms with Gasteiger partial charge in [0, 0.05) is 17.7 Å². The largest absolute Gasteiger partial charge is 0.307 e. The number of halogens is 2. The van der Waals surface area contributed by atoms with Crippen LogP contribution in [-0.2, 0) is 7.05 Å². The zero-order valence-corrected chi connectivity index (χ0v) is 11.8. The predicted molar refractivity (Wildman–Crippen MR) is 71.1 cm³/mol. The fourth-order valence-corrected chi connectivity index (χ4v) is 2.52. The van der Waals surface area contributed by atoms with Crippen molar-refractivity contribution in [2.75, 3.05) is 7.05 Å². The van der Waals surface area contributed by atoms with Crippen molar-refractivity contribution < 1.29 is 0 Å². The first kappa shape index (κ1) is 12.5. The summed E-state index contributed by atoms with van der Waals surface area (Å²) in [5.74, 6) is 0. The Kier molecular flexibility index (Phi) is 3.81. The third kappa shape index (κ3) is 2.36. The fraction of sp³-hybridized carbons (Fsp3) is 0.273. The van der Waals surface area contributed by atoms with E-state index in [0.717, 1.165) is 15.9 Å². The van der Waals surface area contributed by atoms with Gasteiger partial charge in [-0.2, -0.15) is 5.10 Å². The van der Waals surface area contributed by atoms with Crippen LogP contribution in [0.5, 0.6) is 0 Å². The quantitative estimate of drug-likeness (QED) is 0.946. The van der Waals surface area contributed by atoms with Crippen molar-refractivity contribution in [2.45, 2.75) is 6.04 Å². The van der Waals surface area contributed by atoms with Crippen molar-refractivity contribution in [2.24, 2.45) is 7.05 Å². The van der Waals surface area contributed by atoms with E-state index in [1.807, 2.05) is 26.2 Å². The molecular weight excluding hydrogens is 304 g/mol. The number of nitrogens with one attached hydrogen (secondary N) is 1. The molecule has 0 spiro atoms. The van der Waals surface area contributed by atoms with Crippen molar-refractivity contribution >= 4 is 27.5 Å². The second-order valence-corrected chi connectivity index (χ2v) is 4.86. The van der Waals surface area contributed by atoms with E-state index in [0.29, 0.717) is 5.02 Å². The van der Waals surface area contributed by atoms with Gasteiger partial charge in [0.1, 0.15) is 0 Å². The van der Waals surface area contributed by atoms with Crippen LogP contribution in [0.3, 0.4) is 0 Å². The Morgan fingerprint density at radius 3 is 2.82 bits per heavy atom. The molecule has 0 radical (unpaired) electrons. The number of aryl methyl sites for hydroxylation is 1. The van der Waals surface area contributed by atoms with Crippen molar-refractivity contribution in [3.05, 3.63) is 45.4 Å². The smallest absolute Gasteiger partial charge is 0.0946 e. The van der Waals surface area contributed by atoms with Crippen LogP contribution in [0.1, 0.15) is 17.4 Å². The van der Waals surface area contributed by atoms with E-state index in [2.05, 4.69) is 31.3 Å². The van der Waals surface area contributed by atoms with Gasteiger partial charge in [-0.3, -0.25) is 9.67 Å². The van der Waals surface area contributed by atoms with E-state index < -0.39 is 0 Å². The van der Waals surface area contributed by atoms with Crippen LogP contribution in [-0.4, -0.2) is 21.8 Å². The van der Waals surface area contributed by atoms with Crippen molar-refractivity contribution in [3.8, 4) is 0 Å². The summed E-state index contributed by atoms with van der Waals surface area (Å²) < 4.78 is 2.70. The summed E-state index contributed by atoms with van der Waals surface area (Å²) in [6.07, 6.45) is 3.40. The molecule has 0 fully saturated rings. The lowest BCUT2D eigenvalue weighted by Crippen LogP contribution is -2.22. The zero-order chi connectivity index (χ0) is 12.4. The van der Waals surface area contributed by atoms with Gasteiger partial charge in [0.05, 0.1) is 28.6 Å². The van der Waals surface area contributed by atoms with Crippen LogP contribution >= 0.6 is 27.5 Å². The summed E-state index contributed by atoms with van der Waals surface area (Å²) in [5.41, 5.74) is 1.79. The van der Waals surface area contributed by atoms with Gasteiger partial charge in [-0.25, -0.2) is 0 Å². The minimum Gasteiger partial charge on any atom is -0.307 e. The monoisotopic (exact) mass is 314 g/mol. The number of nitrogens with zero attached hydrogens (tertiary/aromatic N) is 3. The third-order valence-electron chi connectivity index (χ3n) is 2.56. The number of hydrogen-bond donors (Lipinski definition) is 1. The van der Waals surface area contributed by atoms with Crippen molar-refractivity contribution in [1.29, 1.82) is 0 Å². The molecule has 0 bridgehead atoms. The number of hydrogen-bond acceptors (Lipinski definition) is 3. The molecule has 0 aliphatic heterocycles. The molecule has 0 saturated carbocycles. The fourth-order valence-electron chi connectivity index (χ4n) is 1.76. The Morgan fingerprint density at radius 2 is 2.29 bits per heavy atom. The summed E-state index contributed by atoms with van der Waals surface area (Å²) in [5, 5.41) is 7.98. The third-order valence-corrected chi connectivity index (χ3v) is 3.52. The molecule has 0 amide bonds. The minimum absolute atomic E-state index is 0.0921. The highest BCUT2D eigenvalue weighted by molar-refractivity contribution is 9.10. The van der Waals surface area contributed by atoms with Gasteiger partial charge in [0.2, 0.25) is 0 Å². The van der Waals surface area contributed by atoms with Crippen LogP contribution in [0.4, 0.5) is 0 Å². The van der Waals surface area contributed by atoms with Crippen LogP contribution in [0.15, 0.2) is 29.0 Å². The highest BCUT2D eigenvalue weighted by atomic mass is 79.9. The minimum atomic E-state index is -0.0921. The summed E-state index contributed by atoms with van der Waals surface area (Å²) in [7, 11) is 3.73. The molecule has 2 rings (SSSR count). The van der Waals surface area contributed by atoms with Gasteiger partial charge in [0.15, 0.2) is 0 Å². The molecule has 2 aromatic rings. The lowest BCUT2D eigenvalue weighted by Gasteiger charge is -2.17. The van der Waals surface area contributed by atoms with E-state index in [-0.39, 0.29) is 6.04 Å². The molecule has 2 aromatic heterocycles. The average Bonchev–Trinajstić information content (AvgIpc) is 2.64. The Labute approximate surface area is 113 Å². The molecule has 0 saturated heterocycles. The summed E-state index contributed by atoms with van der Waals surface area (Å²) in [4.78, 5) is 4.38. The maximum atomic E-state index is 6.15. The second kappa shape index (κ2) is 5.16. The van der Waals surface area contributed by atoms with Gasteiger partial charge >= 0.3 is 0 Å². The molecule has 17 heavy (non-hydrogen) atoms. The van der Waals surface area contributed by atoms with E-state index in [4.69, 9.17) is 11.6 Å². The lowest BCUT2D eigenvalue weighted by atomic mass is 10.1. The molecule has 0 aromatic carbocycles. The Balaban J connectivity index is 2.52. The molecule has 0 aliphatic rings. The number of rotatable bonds is 3. The van der Waals surface area contributed by atoms with E-state index in [1.165, 1.54) is 0 Å². The number of aromatic nitrogens is 3. The molecule has 0 aliphatic carbocycles. The Bertz CT molecular complexity index is 506. The molecule has 6 heteroatoms. The van der Waals surface area contributed by atoms with Crippen LogP contribution in [0, 0.1) is 0 Å². The zero-order valence-electron chi connectivity index (χ0n) is 9.48. The first-order chi connectivity index (χ1) is 8.15. The SMILES string of the molecule is CNC(c1ncccc1Br)c1c(Cl)cnn1C. The highest BCUT2D eigenvalue weighted by Gasteiger charge is 2.22. The normalized spacial score (nSPS) is 12.7. The Hall–Kier alpha value is -0.910. The van der Waals surface area contributed by atoms with Gasteiger partial charge in [-0.15, -0.1) is 0 Å². The average molecular weight is 316 g/mol. The van der Waals surface area contributed by atoms with Gasteiger partial charge in [0.25, 0.3) is 0 Å². The Morgan fingerprint density at radius 1 is 1.53 bits per heavy atom. The maximum Gasteiger partial charge on any atom is 0.0946 e. The summed E-state index contributed by atoms with van der Waals surface area (Å²) in [6, 6.07) is 3.74. The molecule has 2 heterocycles.